The lowest BCUT2D eigenvalue weighted by atomic mass is 9.85. The maximum Gasteiger partial charge on any atom is 0.0345 e. The highest BCUT2D eigenvalue weighted by molar-refractivity contribution is 6.57. The van der Waals surface area contributed by atoms with Crippen molar-refractivity contribution in [2.24, 2.45) is 11.8 Å². The molecule has 2 rings (SSSR count). The van der Waals surface area contributed by atoms with E-state index in [0.29, 0.717) is 17.8 Å². The highest BCUT2D eigenvalue weighted by atomic mass is 28.3. The summed E-state index contributed by atoms with van der Waals surface area (Å²) in [6.45, 7) is 13.1. The van der Waals surface area contributed by atoms with Crippen molar-refractivity contribution < 1.29 is 0 Å². The largest absolute Gasteiger partial charge is 0.103 e. The first kappa shape index (κ1) is 13.4. The fourth-order valence-electron chi connectivity index (χ4n) is 3.58. The van der Waals surface area contributed by atoms with Crippen LogP contribution in [0, 0.1) is 11.8 Å². The Morgan fingerprint density at radius 1 is 1.11 bits per heavy atom. The van der Waals surface area contributed by atoms with Gasteiger partial charge >= 0.3 is 0 Å². The summed E-state index contributed by atoms with van der Waals surface area (Å²) in [5.74, 6) is 1.86. The van der Waals surface area contributed by atoms with Gasteiger partial charge in [-0.1, -0.05) is 55.6 Å². The minimum atomic E-state index is -0.651. The molecular weight excluding hydrogens is 232 g/mol. The zero-order valence-corrected chi connectivity index (χ0v) is 12.7. The van der Waals surface area contributed by atoms with Gasteiger partial charge < -0.3 is 0 Å². The van der Waals surface area contributed by atoms with E-state index in [1.54, 1.807) is 0 Å². The van der Waals surface area contributed by atoms with Gasteiger partial charge in [0.2, 0.25) is 0 Å². The molecule has 0 saturated heterocycles. The van der Waals surface area contributed by atoms with E-state index < -0.39 is 8.80 Å². The molecule has 4 unspecified atom stereocenters. The third-order valence-corrected chi connectivity index (χ3v) is 6.93. The lowest BCUT2D eigenvalue weighted by molar-refractivity contribution is 0.514. The Morgan fingerprint density at radius 2 is 1.78 bits per heavy atom. The van der Waals surface area contributed by atoms with Crippen LogP contribution in [-0.2, 0) is 0 Å². The average Bonchev–Trinajstić information content (AvgIpc) is 2.78. The van der Waals surface area contributed by atoms with Gasteiger partial charge in [-0.2, -0.15) is 0 Å². The third-order valence-electron chi connectivity index (χ3n) is 4.53. The second-order valence-corrected chi connectivity index (χ2v) is 9.14. The van der Waals surface area contributed by atoms with Crippen molar-refractivity contribution in [3.63, 3.8) is 0 Å². The third kappa shape index (κ3) is 2.37. The van der Waals surface area contributed by atoms with Crippen molar-refractivity contribution in [3.8, 4) is 0 Å². The molecule has 1 fully saturated rings. The van der Waals surface area contributed by atoms with Crippen molar-refractivity contribution in [2.75, 3.05) is 0 Å². The number of hydrogen-bond acceptors (Lipinski definition) is 0. The summed E-state index contributed by atoms with van der Waals surface area (Å²) in [7, 11) is -0.651. The fourth-order valence-corrected chi connectivity index (χ4v) is 5.74. The summed E-state index contributed by atoms with van der Waals surface area (Å²) in [5.41, 5.74) is 2.37. The molecule has 1 aromatic carbocycles. The topological polar surface area (TPSA) is 0 Å². The van der Waals surface area contributed by atoms with Crippen LogP contribution in [0.2, 0.25) is 18.6 Å². The van der Waals surface area contributed by atoms with Crippen LogP contribution in [0.3, 0.4) is 0 Å². The first-order chi connectivity index (χ1) is 8.69. The Kier molecular flexibility index (Phi) is 4.23. The molecule has 4 atom stereocenters. The predicted molar refractivity (Wildman–Crippen MR) is 83.8 cm³/mol. The van der Waals surface area contributed by atoms with Crippen molar-refractivity contribution in [1.82, 2.24) is 0 Å². The summed E-state index contributed by atoms with van der Waals surface area (Å²) in [5, 5.41) is 0. The smallest absolute Gasteiger partial charge is 0.0345 e. The molecule has 18 heavy (non-hydrogen) atoms. The van der Waals surface area contributed by atoms with Crippen LogP contribution < -0.4 is 0 Å². The Bertz CT molecular complexity index is 407. The van der Waals surface area contributed by atoms with E-state index in [2.05, 4.69) is 68.7 Å². The van der Waals surface area contributed by atoms with Crippen LogP contribution >= 0.6 is 0 Å². The highest BCUT2D eigenvalue weighted by Crippen LogP contribution is 2.53. The minimum Gasteiger partial charge on any atom is -0.103 e. The first-order valence-corrected chi connectivity index (χ1v) is 9.96. The van der Waals surface area contributed by atoms with Gasteiger partial charge in [-0.25, -0.2) is 0 Å². The molecule has 1 aliphatic carbocycles. The lowest BCUT2D eigenvalue weighted by Crippen LogP contribution is -2.18. The molecule has 0 aliphatic heterocycles. The number of allylic oxidation sites excluding steroid dienone is 2. The van der Waals surface area contributed by atoms with Crippen LogP contribution in [0.4, 0.5) is 0 Å². The van der Waals surface area contributed by atoms with Gasteiger partial charge in [-0.3, -0.25) is 0 Å². The van der Waals surface area contributed by atoms with Crippen LogP contribution in [0.25, 0.3) is 0 Å². The van der Waals surface area contributed by atoms with Gasteiger partial charge in [0.1, 0.15) is 0 Å². The summed E-state index contributed by atoms with van der Waals surface area (Å²) in [6.07, 6.45) is 5.63. The number of rotatable bonds is 4. The van der Waals surface area contributed by atoms with E-state index in [4.69, 9.17) is 0 Å². The Hall–Kier alpha value is -1.08. The molecule has 0 amide bonds. The molecule has 0 bridgehead atoms. The molecule has 0 N–H and O–H groups in total. The molecule has 0 heterocycles. The van der Waals surface area contributed by atoms with Crippen LogP contribution in [0.15, 0.2) is 55.6 Å². The maximum absolute atomic E-state index is 4.08. The first-order valence-electron chi connectivity index (χ1n) is 6.99. The summed E-state index contributed by atoms with van der Waals surface area (Å²) >= 11 is 0. The average molecular weight is 256 g/mol. The Morgan fingerprint density at radius 3 is 2.28 bits per heavy atom. The highest BCUT2D eigenvalue weighted by Gasteiger charge is 2.42. The van der Waals surface area contributed by atoms with Gasteiger partial charge in [-0.05, 0) is 35.3 Å². The zero-order chi connectivity index (χ0) is 13.1. The normalized spacial score (nSPS) is 31.5. The fraction of sp³-hybridized carbons (Fsp3) is 0.412. The second-order valence-electron chi connectivity index (χ2n) is 5.79. The van der Waals surface area contributed by atoms with Gasteiger partial charge in [0.05, 0.1) is 0 Å². The molecule has 1 saturated carbocycles. The SMILES string of the molecule is C=CC1CC([SiH](C)C)C(c2ccccc2)C1C=C. The van der Waals surface area contributed by atoms with Gasteiger partial charge in [0.15, 0.2) is 0 Å². The van der Waals surface area contributed by atoms with E-state index in [1.807, 2.05) is 0 Å². The summed E-state index contributed by atoms with van der Waals surface area (Å²) in [4.78, 5) is 0. The van der Waals surface area contributed by atoms with Gasteiger partial charge in [-0.15, -0.1) is 13.2 Å². The van der Waals surface area contributed by atoms with E-state index in [0.717, 1.165) is 5.54 Å². The van der Waals surface area contributed by atoms with E-state index >= 15 is 0 Å². The van der Waals surface area contributed by atoms with Gasteiger partial charge in [0.25, 0.3) is 0 Å². The molecule has 0 nitrogen and oxygen atoms in total. The van der Waals surface area contributed by atoms with E-state index in [1.165, 1.54) is 12.0 Å². The van der Waals surface area contributed by atoms with Crippen LogP contribution in [0.1, 0.15) is 17.9 Å². The van der Waals surface area contributed by atoms with Crippen LogP contribution in [0.5, 0.6) is 0 Å². The van der Waals surface area contributed by atoms with Crippen molar-refractivity contribution in [3.05, 3.63) is 61.2 Å². The second kappa shape index (κ2) is 5.70. The molecule has 1 aliphatic rings. The molecule has 1 aromatic rings. The lowest BCUT2D eigenvalue weighted by Gasteiger charge is -2.26. The molecule has 0 aromatic heterocycles. The van der Waals surface area contributed by atoms with Crippen LogP contribution in [-0.4, -0.2) is 8.80 Å². The van der Waals surface area contributed by atoms with Crippen molar-refractivity contribution in [2.45, 2.75) is 31.0 Å². The monoisotopic (exact) mass is 256 g/mol. The van der Waals surface area contributed by atoms with E-state index in [9.17, 15) is 0 Å². The minimum absolute atomic E-state index is 0.574. The molecule has 0 spiro atoms. The predicted octanol–water partition coefficient (Wildman–Crippen LogP) is 4.64. The molecule has 96 valence electrons. The quantitative estimate of drug-likeness (QED) is 0.544. The molecule has 0 radical (unpaired) electrons. The zero-order valence-electron chi connectivity index (χ0n) is 11.5. The van der Waals surface area contributed by atoms with E-state index in [-0.39, 0.29) is 0 Å². The molecular formula is C17H24Si. The summed E-state index contributed by atoms with van der Waals surface area (Å²) in [6, 6.07) is 11.0. The molecule has 1 heteroatoms. The Labute approximate surface area is 113 Å². The number of benzene rings is 1. The standard InChI is InChI=1S/C17H24Si/c1-5-13-12-16(18(3)4)17(15(13)6-2)14-10-8-7-9-11-14/h5-11,13,15-18H,1-2,12H2,3-4H3. The Balaban J connectivity index is 2.38. The maximum atomic E-state index is 4.08. The number of hydrogen-bond donors (Lipinski definition) is 0. The van der Waals surface area contributed by atoms with Gasteiger partial charge in [0, 0.05) is 8.80 Å². The summed E-state index contributed by atoms with van der Waals surface area (Å²) < 4.78 is 0. The van der Waals surface area contributed by atoms with Crippen molar-refractivity contribution in [1.29, 1.82) is 0 Å². The van der Waals surface area contributed by atoms with Crippen molar-refractivity contribution >= 4 is 8.80 Å².